The van der Waals surface area contributed by atoms with Crippen LogP contribution in [0.1, 0.15) is 21.5 Å². The maximum atomic E-state index is 11.9. The lowest BCUT2D eigenvalue weighted by atomic mass is 10.1. The lowest BCUT2D eigenvalue weighted by Crippen LogP contribution is -2.24. The number of rotatable bonds is 4. The molecule has 1 N–H and O–H groups in total. The smallest absolute Gasteiger partial charge is 0.251 e. The molecule has 0 aliphatic rings. The molecule has 0 atom stereocenters. The summed E-state index contributed by atoms with van der Waals surface area (Å²) in [5.74, 6) is -0.0721. The van der Waals surface area contributed by atoms with E-state index in [0.29, 0.717) is 12.1 Å². The second-order valence-corrected chi connectivity index (χ2v) is 4.52. The van der Waals surface area contributed by atoms with Crippen molar-refractivity contribution in [1.82, 2.24) is 5.32 Å². The van der Waals surface area contributed by atoms with Gasteiger partial charge >= 0.3 is 0 Å². The van der Waals surface area contributed by atoms with Gasteiger partial charge < -0.3 is 5.32 Å². The fourth-order valence-corrected chi connectivity index (χ4v) is 1.77. The maximum Gasteiger partial charge on any atom is 0.251 e. The Morgan fingerprint density at radius 1 is 1.00 bits per heavy atom. The summed E-state index contributed by atoms with van der Waals surface area (Å²) >= 11 is 0. The summed E-state index contributed by atoms with van der Waals surface area (Å²) in [6, 6.07) is 17.4. The predicted molar refractivity (Wildman–Crippen MR) is 79.0 cm³/mol. The molecule has 2 nitrogen and oxygen atoms in total. The van der Waals surface area contributed by atoms with Crippen molar-refractivity contribution in [3.63, 3.8) is 0 Å². The zero-order valence-electron chi connectivity index (χ0n) is 11.0. The van der Waals surface area contributed by atoms with Gasteiger partial charge in [0.25, 0.3) is 5.91 Å². The first-order valence-corrected chi connectivity index (χ1v) is 6.25. The molecule has 0 radical (unpaired) electrons. The number of hydrogen-bond donors (Lipinski definition) is 1. The first kappa shape index (κ1) is 13.1. The van der Waals surface area contributed by atoms with Gasteiger partial charge in [-0.1, -0.05) is 54.6 Å². The Morgan fingerprint density at radius 3 is 2.26 bits per heavy atom. The topological polar surface area (TPSA) is 29.1 Å². The predicted octanol–water partition coefficient (Wildman–Crippen LogP) is 3.44. The van der Waals surface area contributed by atoms with E-state index in [9.17, 15) is 4.79 Å². The highest BCUT2D eigenvalue weighted by atomic mass is 16.1. The monoisotopic (exact) mass is 251 g/mol. The Bertz CT molecular complexity index is 570. The van der Waals surface area contributed by atoms with Crippen molar-refractivity contribution in [2.45, 2.75) is 6.92 Å². The van der Waals surface area contributed by atoms with Crippen molar-refractivity contribution >= 4 is 11.5 Å². The van der Waals surface area contributed by atoms with E-state index < -0.39 is 0 Å². The average molecular weight is 251 g/mol. The van der Waals surface area contributed by atoms with E-state index in [1.807, 2.05) is 61.5 Å². The SMILES string of the molecule is C=C(CNC(=O)c1ccc(C)cc1)c1ccccc1. The molecular formula is C17H17NO. The number of carbonyl (C=O) groups excluding carboxylic acids is 1. The van der Waals surface area contributed by atoms with E-state index in [1.165, 1.54) is 0 Å². The minimum absolute atomic E-state index is 0.0721. The highest BCUT2D eigenvalue weighted by molar-refractivity contribution is 5.95. The first-order valence-electron chi connectivity index (χ1n) is 6.25. The van der Waals surface area contributed by atoms with Gasteiger partial charge in [0.2, 0.25) is 0 Å². The normalized spacial score (nSPS) is 9.95. The van der Waals surface area contributed by atoms with Gasteiger partial charge in [0.1, 0.15) is 0 Å². The number of amides is 1. The molecule has 0 saturated heterocycles. The van der Waals surface area contributed by atoms with Crippen molar-refractivity contribution in [3.8, 4) is 0 Å². The summed E-state index contributed by atoms with van der Waals surface area (Å²) in [7, 11) is 0. The van der Waals surface area contributed by atoms with E-state index in [4.69, 9.17) is 0 Å². The van der Waals surface area contributed by atoms with E-state index in [0.717, 1.165) is 16.7 Å². The lowest BCUT2D eigenvalue weighted by Gasteiger charge is -2.08. The number of hydrogen-bond acceptors (Lipinski definition) is 1. The van der Waals surface area contributed by atoms with E-state index >= 15 is 0 Å². The van der Waals surface area contributed by atoms with E-state index in [1.54, 1.807) is 0 Å². The van der Waals surface area contributed by atoms with Crippen molar-refractivity contribution in [2.75, 3.05) is 6.54 Å². The Labute approximate surface area is 113 Å². The van der Waals surface area contributed by atoms with Crippen LogP contribution in [0.2, 0.25) is 0 Å². The summed E-state index contributed by atoms with van der Waals surface area (Å²) in [5, 5.41) is 2.88. The van der Waals surface area contributed by atoms with Crippen molar-refractivity contribution in [2.24, 2.45) is 0 Å². The molecule has 0 bridgehead atoms. The van der Waals surface area contributed by atoms with Gasteiger partial charge in [0.15, 0.2) is 0 Å². The van der Waals surface area contributed by atoms with Crippen LogP contribution >= 0.6 is 0 Å². The summed E-state index contributed by atoms with van der Waals surface area (Å²) in [6.45, 7) is 6.44. The molecule has 0 heterocycles. The molecule has 2 rings (SSSR count). The maximum absolute atomic E-state index is 11.9. The fourth-order valence-electron chi connectivity index (χ4n) is 1.77. The molecule has 0 saturated carbocycles. The largest absolute Gasteiger partial charge is 0.348 e. The van der Waals surface area contributed by atoms with Crippen LogP contribution in [0.5, 0.6) is 0 Å². The minimum Gasteiger partial charge on any atom is -0.348 e. The summed E-state index contributed by atoms with van der Waals surface area (Å²) in [4.78, 5) is 11.9. The summed E-state index contributed by atoms with van der Waals surface area (Å²) < 4.78 is 0. The summed E-state index contributed by atoms with van der Waals surface area (Å²) in [6.07, 6.45) is 0. The van der Waals surface area contributed by atoms with Crippen LogP contribution in [-0.2, 0) is 0 Å². The van der Waals surface area contributed by atoms with Gasteiger partial charge in [-0.3, -0.25) is 4.79 Å². The second-order valence-electron chi connectivity index (χ2n) is 4.52. The average Bonchev–Trinajstić information content (AvgIpc) is 2.46. The number of nitrogens with one attached hydrogen (secondary N) is 1. The van der Waals surface area contributed by atoms with Crippen LogP contribution in [0, 0.1) is 6.92 Å². The molecule has 0 spiro atoms. The molecular weight excluding hydrogens is 234 g/mol. The highest BCUT2D eigenvalue weighted by Crippen LogP contribution is 2.10. The summed E-state index contributed by atoms with van der Waals surface area (Å²) in [5.41, 5.74) is 3.77. The minimum atomic E-state index is -0.0721. The molecule has 0 aliphatic heterocycles. The molecule has 0 unspecified atom stereocenters. The number of carbonyl (C=O) groups is 1. The quantitative estimate of drug-likeness (QED) is 0.886. The molecule has 1 amide bonds. The van der Waals surface area contributed by atoms with Gasteiger partial charge in [-0.15, -0.1) is 0 Å². The van der Waals surface area contributed by atoms with E-state index in [2.05, 4.69) is 11.9 Å². The van der Waals surface area contributed by atoms with Gasteiger partial charge in [-0.2, -0.15) is 0 Å². The first-order chi connectivity index (χ1) is 9.16. The van der Waals surface area contributed by atoms with Crippen LogP contribution in [0.25, 0.3) is 5.57 Å². The Balaban J connectivity index is 1.94. The Hall–Kier alpha value is -2.35. The van der Waals surface area contributed by atoms with Crippen LogP contribution < -0.4 is 5.32 Å². The third kappa shape index (κ3) is 3.55. The fraction of sp³-hybridized carbons (Fsp3) is 0.118. The van der Waals surface area contributed by atoms with Crippen LogP contribution in [0.3, 0.4) is 0 Å². The molecule has 2 heteroatoms. The van der Waals surface area contributed by atoms with Crippen LogP contribution in [0.4, 0.5) is 0 Å². The van der Waals surface area contributed by atoms with Gasteiger partial charge in [0, 0.05) is 12.1 Å². The van der Waals surface area contributed by atoms with Gasteiger partial charge in [-0.05, 0) is 30.2 Å². The number of benzene rings is 2. The third-order valence-electron chi connectivity index (χ3n) is 2.96. The molecule has 0 fully saturated rings. The molecule has 96 valence electrons. The van der Waals surface area contributed by atoms with Crippen LogP contribution in [0.15, 0.2) is 61.2 Å². The number of aryl methyl sites for hydroxylation is 1. The Morgan fingerprint density at radius 2 is 1.63 bits per heavy atom. The second kappa shape index (κ2) is 6.01. The lowest BCUT2D eigenvalue weighted by molar-refractivity contribution is 0.0958. The highest BCUT2D eigenvalue weighted by Gasteiger charge is 2.05. The third-order valence-corrected chi connectivity index (χ3v) is 2.96. The molecule has 0 aromatic heterocycles. The molecule has 0 aliphatic carbocycles. The van der Waals surface area contributed by atoms with Crippen molar-refractivity contribution < 1.29 is 4.79 Å². The zero-order chi connectivity index (χ0) is 13.7. The standard InChI is InChI=1S/C17H17NO/c1-13-8-10-16(11-9-13)17(19)18-12-14(2)15-6-4-3-5-7-15/h3-11H,2,12H2,1H3,(H,18,19). The van der Waals surface area contributed by atoms with Gasteiger partial charge in [-0.25, -0.2) is 0 Å². The van der Waals surface area contributed by atoms with Crippen molar-refractivity contribution in [3.05, 3.63) is 77.9 Å². The molecule has 2 aromatic rings. The van der Waals surface area contributed by atoms with Crippen molar-refractivity contribution in [1.29, 1.82) is 0 Å². The zero-order valence-corrected chi connectivity index (χ0v) is 11.0. The molecule has 19 heavy (non-hydrogen) atoms. The van der Waals surface area contributed by atoms with Crippen LogP contribution in [-0.4, -0.2) is 12.5 Å². The molecule has 2 aromatic carbocycles. The Kier molecular flexibility index (Phi) is 4.14. The van der Waals surface area contributed by atoms with Gasteiger partial charge in [0.05, 0.1) is 0 Å². The van der Waals surface area contributed by atoms with E-state index in [-0.39, 0.29) is 5.91 Å².